The topological polar surface area (TPSA) is 107 Å². The lowest BCUT2D eigenvalue weighted by Crippen LogP contribution is -2.41. The summed E-state index contributed by atoms with van der Waals surface area (Å²) < 4.78 is 1.39. The van der Waals surface area contributed by atoms with Crippen molar-refractivity contribution < 1.29 is 9.59 Å². The van der Waals surface area contributed by atoms with Gasteiger partial charge in [0.05, 0.1) is 18.4 Å². The monoisotopic (exact) mass is 253 g/mol. The van der Waals surface area contributed by atoms with Gasteiger partial charge in [0.25, 0.3) is 5.91 Å². The molecule has 0 radical (unpaired) electrons. The van der Waals surface area contributed by atoms with E-state index in [4.69, 9.17) is 11.5 Å². The number of rotatable bonds is 5. The maximum Gasteiger partial charge on any atom is 0.274 e. The zero-order valence-corrected chi connectivity index (χ0v) is 10.9. The van der Waals surface area contributed by atoms with Crippen LogP contribution >= 0.6 is 0 Å². The van der Waals surface area contributed by atoms with Crippen LogP contribution in [-0.4, -0.2) is 39.6 Å². The fourth-order valence-electron chi connectivity index (χ4n) is 1.71. The second-order valence-corrected chi connectivity index (χ2v) is 4.62. The number of carbonyl (C=O) groups excluding carboxylic acids is 2. The first-order chi connectivity index (χ1) is 8.32. The molecule has 1 heterocycles. The number of nitrogens with two attached hydrogens (primary N) is 2. The first kappa shape index (κ1) is 14.0. The van der Waals surface area contributed by atoms with E-state index in [0.717, 1.165) is 0 Å². The van der Waals surface area contributed by atoms with Crippen LogP contribution in [0.1, 0.15) is 24.3 Å². The van der Waals surface area contributed by atoms with E-state index in [-0.39, 0.29) is 24.1 Å². The van der Waals surface area contributed by atoms with E-state index in [1.807, 2.05) is 13.8 Å². The average Bonchev–Trinajstić information content (AvgIpc) is 2.55. The van der Waals surface area contributed by atoms with E-state index < -0.39 is 5.91 Å². The van der Waals surface area contributed by atoms with E-state index in [1.165, 1.54) is 15.8 Å². The SMILES string of the molecule is CC(C)CN(CC(N)=O)C(=O)c1c(N)cnn1C. The van der Waals surface area contributed by atoms with Crippen LogP contribution in [0.4, 0.5) is 5.69 Å². The van der Waals surface area contributed by atoms with Crippen LogP contribution in [-0.2, 0) is 11.8 Å². The predicted octanol–water partition coefficient (Wildman–Crippen LogP) is -0.414. The Morgan fingerprint density at radius 1 is 1.50 bits per heavy atom. The lowest BCUT2D eigenvalue weighted by atomic mass is 10.2. The van der Waals surface area contributed by atoms with E-state index >= 15 is 0 Å². The van der Waals surface area contributed by atoms with Gasteiger partial charge in [-0.1, -0.05) is 13.8 Å². The van der Waals surface area contributed by atoms with Gasteiger partial charge in [0.2, 0.25) is 5.91 Å². The molecule has 4 N–H and O–H groups in total. The zero-order chi connectivity index (χ0) is 13.9. The van der Waals surface area contributed by atoms with E-state index in [0.29, 0.717) is 12.2 Å². The van der Waals surface area contributed by atoms with Gasteiger partial charge in [-0.25, -0.2) is 0 Å². The molecule has 1 aromatic rings. The third-order valence-electron chi connectivity index (χ3n) is 2.39. The number of hydrogen-bond acceptors (Lipinski definition) is 4. The Hall–Kier alpha value is -2.05. The van der Waals surface area contributed by atoms with Gasteiger partial charge in [0.15, 0.2) is 0 Å². The molecule has 0 spiro atoms. The number of primary amides is 1. The summed E-state index contributed by atoms with van der Waals surface area (Å²) in [5.74, 6) is -0.660. The molecule has 7 nitrogen and oxygen atoms in total. The lowest BCUT2D eigenvalue weighted by Gasteiger charge is -2.23. The van der Waals surface area contributed by atoms with E-state index in [1.54, 1.807) is 7.05 Å². The van der Waals surface area contributed by atoms with Gasteiger partial charge in [0, 0.05) is 13.6 Å². The predicted molar refractivity (Wildman–Crippen MR) is 67.6 cm³/mol. The highest BCUT2D eigenvalue weighted by atomic mass is 16.2. The molecule has 0 fully saturated rings. The third kappa shape index (κ3) is 3.22. The average molecular weight is 253 g/mol. The van der Waals surface area contributed by atoms with Crippen LogP contribution in [0.5, 0.6) is 0 Å². The molecule has 2 amide bonds. The smallest absolute Gasteiger partial charge is 0.274 e. The molecule has 0 unspecified atom stereocenters. The number of nitrogens with zero attached hydrogens (tertiary/aromatic N) is 3. The minimum atomic E-state index is -0.551. The molecule has 0 atom stereocenters. The minimum absolute atomic E-state index is 0.123. The van der Waals surface area contributed by atoms with Crippen molar-refractivity contribution in [3.63, 3.8) is 0 Å². The Morgan fingerprint density at radius 2 is 2.11 bits per heavy atom. The quantitative estimate of drug-likeness (QED) is 0.743. The number of hydrogen-bond donors (Lipinski definition) is 2. The Labute approximate surface area is 106 Å². The van der Waals surface area contributed by atoms with Crippen LogP contribution in [0.15, 0.2) is 6.20 Å². The molecule has 0 aliphatic heterocycles. The van der Waals surface area contributed by atoms with Crippen molar-refractivity contribution in [2.45, 2.75) is 13.8 Å². The Bertz CT molecular complexity index is 433. The molecular weight excluding hydrogens is 234 g/mol. The van der Waals surface area contributed by atoms with Crippen LogP contribution in [0.3, 0.4) is 0 Å². The van der Waals surface area contributed by atoms with E-state index in [9.17, 15) is 9.59 Å². The van der Waals surface area contributed by atoms with Gasteiger partial charge in [-0.05, 0) is 5.92 Å². The fraction of sp³-hybridized carbons (Fsp3) is 0.545. The molecule has 0 saturated heterocycles. The van der Waals surface area contributed by atoms with Gasteiger partial charge in [-0.3, -0.25) is 14.3 Å². The molecule has 100 valence electrons. The molecule has 0 aliphatic rings. The second-order valence-electron chi connectivity index (χ2n) is 4.62. The van der Waals surface area contributed by atoms with Gasteiger partial charge < -0.3 is 16.4 Å². The summed E-state index contributed by atoms with van der Waals surface area (Å²) >= 11 is 0. The summed E-state index contributed by atoms with van der Waals surface area (Å²) in [5, 5.41) is 3.91. The Balaban J connectivity index is 2.98. The first-order valence-electron chi connectivity index (χ1n) is 5.68. The molecule has 0 bridgehead atoms. The number of carbonyl (C=O) groups is 2. The fourth-order valence-corrected chi connectivity index (χ4v) is 1.71. The van der Waals surface area contributed by atoms with Crippen LogP contribution in [0.2, 0.25) is 0 Å². The summed E-state index contributed by atoms with van der Waals surface area (Å²) in [7, 11) is 1.63. The van der Waals surface area contributed by atoms with Crippen LogP contribution in [0.25, 0.3) is 0 Å². The molecule has 0 aromatic carbocycles. The van der Waals surface area contributed by atoms with Gasteiger partial charge in [0.1, 0.15) is 5.69 Å². The second kappa shape index (κ2) is 5.52. The van der Waals surface area contributed by atoms with Gasteiger partial charge in [-0.15, -0.1) is 0 Å². The van der Waals surface area contributed by atoms with Crippen LogP contribution < -0.4 is 11.5 Å². The maximum absolute atomic E-state index is 12.3. The molecule has 18 heavy (non-hydrogen) atoms. The molecule has 1 rings (SSSR count). The largest absolute Gasteiger partial charge is 0.396 e. The lowest BCUT2D eigenvalue weighted by molar-refractivity contribution is -0.118. The molecular formula is C11H19N5O2. The molecule has 1 aromatic heterocycles. The number of aryl methyl sites for hydroxylation is 1. The summed E-state index contributed by atoms with van der Waals surface area (Å²) in [5.41, 5.74) is 11.4. The standard InChI is InChI=1S/C11H19N5O2/c1-7(2)5-16(6-9(13)17)11(18)10-8(12)4-14-15(10)3/h4,7H,5-6,12H2,1-3H3,(H2,13,17). The maximum atomic E-state index is 12.3. The Kier molecular flexibility index (Phi) is 4.30. The zero-order valence-electron chi connectivity index (χ0n) is 10.9. The van der Waals surface area contributed by atoms with Crippen molar-refractivity contribution in [2.75, 3.05) is 18.8 Å². The normalized spacial score (nSPS) is 10.7. The number of amides is 2. The number of anilines is 1. The van der Waals surface area contributed by atoms with Crippen molar-refractivity contribution >= 4 is 17.5 Å². The number of nitrogen functional groups attached to an aromatic ring is 1. The third-order valence-corrected chi connectivity index (χ3v) is 2.39. The highest BCUT2D eigenvalue weighted by Gasteiger charge is 2.23. The van der Waals surface area contributed by atoms with Crippen molar-refractivity contribution in [2.24, 2.45) is 18.7 Å². The number of aromatic nitrogens is 2. The molecule has 7 heteroatoms. The van der Waals surface area contributed by atoms with Crippen molar-refractivity contribution in [1.82, 2.24) is 14.7 Å². The van der Waals surface area contributed by atoms with Crippen molar-refractivity contribution in [1.29, 1.82) is 0 Å². The van der Waals surface area contributed by atoms with E-state index in [2.05, 4.69) is 5.10 Å². The van der Waals surface area contributed by atoms with Crippen molar-refractivity contribution in [3.05, 3.63) is 11.9 Å². The molecule has 0 aliphatic carbocycles. The minimum Gasteiger partial charge on any atom is -0.396 e. The Morgan fingerprint density at radius 3 is 2.50 bits per heavy atom. The highest BCUT2D eigenvalue weighted by molar-refractivity contribution is 5.99. The summed E-state index contributed by atoms with van der Waals surface area (Å²) in [6.07, 6.45) is 1.41. The first-order valence-corrected chi connectivity index (χ1v) is 5.68. The summed E-state index contributed by atoms with van der Waals surface area (Å²) in [6.45, 7) is 4.22. The van der Waals surface area contributed by atoms with Crippen molar-refractivity contribution in [3.8, 4) is 0 Å². The van der Waals surface area contributed by atoms with Crippen LogP contribution in [0, 0.1) is 5.92 Å². The summed E-state index contributed by atoms with van der Waals surface area (Å²) in [4.78, 5) is 24.7. The van der Waals surface area contributed by atoms with Gasteiger partial charge >= 0.3 is 0 Å². The van der Waals surface area contributed by atoms with Gasteiger partial charge in [-0.2, -0.15) is 5.10 Å². The summed E-state index contributed by atoms with van der Waals surface area (Å²) in [6, 6.07) is 0. The molecule has 0 saturated carbocycles. The highest BCUT2D eigenvalue weighted by Crippen LogP contribution is 2.13.